The Morgan fingerprint density at radius 2 is 2.25 bits per heavy atom. The van der Waals surface area contributed by atoms with Gasteiger partial charge in [-0.05, 0) is 27.2 Å². The van der Waals surface area contributed by atoms with E-state index in [1.807, 2.05) is 6.92 Å². The Bertz CT molecular complexity index is 177. The molecule has 0 bridgehead atoms. The van der Waals surface area contributed by atoms with Crippen LogP contribution in [0.3, 0.4) is 0 Å². The summed E-state index contributed by atoms with van der Waals surface area (Å²) in [6.45, 7) is 8.64. The summed E-state index contributed by atoms with van der Waals surface area (Å²) in [6.07, 6.45) is 1.20. The predicted octanol–water partition coefficient (Wildman–Crippen LogP) is 0.607. The molecule has 3 nitrogen and oxygen atoms in total. The largest absolute Gasteiger partial charge is 0.355 e. The lowest BCUT2D eigenvalue weighted by Crippen LogP contribution is -2.58. The number of nitrogens with zero attached hydrogens (tertiary/aromatic N) is 1. The zero-order valence-corrected chi connectivity index (χ0v) is 8.18. The van der Waals surface area contributed by atoms with Crippen LogP contribution in [0.5, 0.6) is 0 Å². The smallest absolute Gasteiger partial charge is 0.234 e. The Kier molecular flexibility index (Phi) is 2.73. The lowest BCUT2D eigenvalue weighted by Gasteiger charge is -2.48. The number of carbonyl (C=O) groups is 1. The second-order valence-electron chi connectivity index (χ2n) is 3.94. The van der Waals surface area contributed by atoms with E-state index in [0.717, 1.165) is 13.1 Å². The highest BCUT2D eigenvalue weighted by Crippen LogP contribution is 2.28. The van der Waals surface area contributed by atoms with Crippen LogP contribution in [0.2, 0.25) is 0 Å². The number of rotatable bonds is 3. The van der Waals surface area contributed by atoms with Crippen molar-refractivity contribution < 1.29 is 4.79 Å². The summed E-state index contributed by atoms with van der Waals surface area (Å²) in [6, 6.07) is 0. The molecule has 1 aliphatic heterocycles. The molecule has 3 heteroatoms. The topological polar surface area (TPSA) is 32.3 Å². The van der Waals surface area contributed by atoms with Crippen LogP contribution < -0.4 is 5.32 Å². The third kappa shape index (κ3) is 1.97. The maximum atomic E-state index is 11.2. The lowest BCUT2D eigenvalue weighted by molar-refractivity contribution is -0.126. The summed E-state index contributed by atoms with van der Waals surface area (Å²) < 4.78 is 0. The average Bonchev–Trinajstić information content (AvgIpc) is 1.99. The Hall–Kier alpha value is -0.570. The van der Waals surface area contributed by atoms with Gasteiger partial charge in [-0.1, -0.05) is 0 Å². The van der Waals surface area contributed by atoms with Crippen molar-refractivity contribution in [1.29, 1.82) is 0 Å². The van der Waals surface area contributed by atoms with E-state index in [0.29, 0.717) is 6.54 Å². The number of nitrogens with one attached hydrogen (secondary N) is 1. The minimum atomic E-state index is 0.144. The van der Waals surface area contributed by atoms with Crippen molar-refractivity contribution in [3.05, 3.63) is 0 Å². The van der Waals surface area contributed by atoms with Gasteiger partial charge in [0.25, 0.3) is 0 Å². The van der Waals surface area contributed by atoms with E-state index < -0.39 is 0 Å². The minimum absolute atomic E-state index is 0.144. The molecule has 1 saturated heterocycles. The molecule has 0 unspecified atom stereocenters. The van der Waals surface area contributed by atoms with Gasteiger partial charge in [-0.25, -0.2) is 0 Å². The maximum absolute atomic E-state index is 11.2. The van der Waals surface area contributed by atoms with Gasteiger partial charge in [-0.3, -0.25) is 9.69 Å². The van der Waals surface area contributed by atoms with Gasteiger partial charge in [-0.15, -0.1) is 0 Å². The van der Waals surface area contributed by atoms with Crippen molar-refractivity contribution in [2.45, 2.75) is 32.7 Å². The molecule has 0 aromatic rings. The Morgan fingerprint density at radius 3 is 2.58 bits per heavy atom. The number of hydrogen-bond acceptors (Lipinski definition) is 2. The van der Waals surface area contributed by atoms with Gasteiger partial charge in [0.05, 0.1) is 6.54 Å². The highest BCUT2D eigenvalue weighted by molar-refractivity contribution is 5.78. The fourth-order valence-corrected chi connectivity index (χ4v) is 1.44. The molecule has 1 amide bonds. The molecule has 70 valence electrons. The molecule has 0 atom stereocenters. The number of likely N-dealkylation sites (N-methyl/N-ethyl adjacent to an activating group) is 1. The molecule has 1 rings (SSSR count). The summed E-state index contributed by atoms with van der Waals surface area (Å²) in [7, 11) is 0. The quantitative estimate of drug-likeness (QED) is 0.673. The summed E-state index contributed by atoms with van der Waals surface area (Å²) in [5.74, 6) is 0.144. The fourth-order valence-electron chi connectivity index (χ4n) is 1.44. The van der Waals surface area contributed by atoms with Crippen LogP contribution in [-0.4, -0.2) is 36.0 Å². The molecular formula is C9H18N2O. The van der Waals surface area contributed by atoms with Crippen molar-refractivity contribution >= 4 is 5.91 Å². The van der Waals surface area contributed by atoms with Gasteiger partial charge >= 0.3 is 0 Å². The van der Waals surface area contributed by atoms with Crippen molar-refractivity contribution in [2.24, 2.45) is 0 Å². The van der Waals surface area contributed by atoms with Crippen LogP contribution in [0.4, 0.5) is 0 Å². The summed E-state index contributed by atoms with van der Waals surface area (Å²) in [4.78, 5) is 13.4. The van der Waals surface area contributed by atoms with Crippen molar-refractivity contribution in [3.63, 3.8) is 0 Å². The molecular weight excluding hydrogens is 152 g/mol. The summed E-state index contributed by atoms with van der Waals surface area (Å²) >= 11 is 0. The van der Waals surface area contributed by atoms with Crippen LogP contribution in [0.1, 0.15) is 27.2 Å². The SMILES string of the molecule is CCNC(=O)CN1CCC1(C)C. The number of hydrogen-bond donors (Lipinski definition) is 1. The Morgan fingerprint density at radius 1 is 1.58 bits per heavy atom. The van der Waals surface area contributed by atoms with Gasteiger partial charge in [0.2, 0.25) is 5.91 Å². The molecule has 0 aliphatic carbocycles. The van der Waals surface area contributed by atoms with E-state index in [-0.39, 0.29) is 11.4 Å². The molecule has 12 heavy (non-hydrogen) atoms. The summed E-state index contributed by atoms with van der Waals surface area (Å²) in [5, 5.41) is 2.80. The van der Waals surface area contributed by atoms with E-state index in [1.54, 1.807) is 0 Å². The van der Waals surface area contributed by atoms with Crippen LogP contribution >= 0.6 is 0 Å². The first-order valence-corrected chi connectivity index (χ1v) is 4.58. The number of amides is 1. The van der Waals surface area contributed by atoms with Gasteiger partial charge in [0.15, 0.2) is 0 Å². The Labute approximate surface area is 74.1 Å². The first-order valence-electron chi connectivity index (χ1n) is 4.58. The van der Waals surface area contributed by atoms with E-state index >= 15 is 0 Å². The van der Waals surface area contributed by atoms with Gasteiger partial charge < -0.3 is 5.32 Å². The minimum Gasteiger partial charge on any atom is -0.355 e. The molecule has 1 N–H and O–H groups in total. The van der Waals surface area contributed by atoms with E-state index in [4.69, 9.17) is 0 Å². The zero-order valence-electron chi connectivity index (χ0n) is 8.18. The number of carbonyl (C=O) groups excluding carboxylic acids is 1. The summed E-state index contributed by atoms with van der Waals surface area (Å²) in [5.41, 5.74) is 0.241. The third-order valence-electron chi connectivity index (χ3n) is 2.56. The zero-order chi connectivity index (χ0) is 9.19. The van der Waals surface area contributed by atoms with E-state index in [1.165, 1.54) is 6.42 Å². The van der Waals surface area contributed by atoms with Gasteiger partial charge in [0.1, 0.15) is 0 Å². The Balaban J connectivity index is 2.28. The standard InChI is InChI=1S/C9H18N2O/c1-4-10-8(12)7-11-6-5-9(11,2)3/h4-7H2,1-3H3,(H,10,12). The van der Waals surface area contributed by atoms with Crippen molar-refractivity contribution in [3.8, 4) is 0 Å². The van der Waals surface area contributed by atoms with Crippen LogP contribution in [0.15, 0.2) is 0 Å². The van der Waals surface area contributed by atoms with Crippen molar-refractivity contribution in [2.75, 3.05) is 19.6 Å². The normalized spacial score (nSPS) is 21.6. The second-order valence-corrected chi connectivity index (χ2v) is 3.94. The molecule has 0 aromatic heterocycles. The van der Waals surface area contributed by atoms with Crippen LogP contribution in [0, 0.1) is 0 Å². The monoisotopic (exact) mass is 170 g/mol. The molecule has 0 aromatic carbocycles. The lowest BCUT2D eigenvalue weighted by atomic mass is 9.89. The third-order valence-corrected chi connectivity index (χ3v) is 2.56. The van der Waals surface area contributed by atoms with Crippen LogP contribution in [-0.2, 0) is 4.79 Å². The first kappa shape index (κ1) is 9.52. The highest BCUT2D eigenvalue weighted by atomic mass is 16.2. The molecule has 1 heterocycles. The molecule has 0 saturated carbocycles. The van der Waals surface area contributed by atoms with Crippen molar-refractivity contribution in [1.82, 2.24) is 10.2 Å². The molecule has 1 fully saturated rings. The maximum Gasteiger partial charge on any atom is 0.234 e. The van der Waals surface area contributed by atoms with E-state index in [9.17, 15) is 4.79 Å². The molecule has 1 aliphatic rings. The van der Waals surface area contributed by atoms with E-state index in [2.05, 4.69) is 24.1 Å². The fraction of sp³-hybridized carbons (Fsp3) is 0.889. The number of likely N-dealkylation sites (tertiary alicyclic amines) is 1. The first-order chi connectivity index (χ1) is 5.56. The van der Waals surface area contributed by atoms with Gasteiger partial charge in [-0.2, -0.15) is 0 Å². The van der Waals surface area contributed by atoms with Crippen LogP contribution in [0.25, 0.3) is 0 Å². The second kappa shape index (κ2) is 3.44. The average molecular weight is 170 g/mol. The predicted molar refractivity (Wildman–Crippen MR) is 49.0 cm³/mol. The van der Waals surface area contributed by atoms with Gasteiger partial charge in [0, 0.05) is 18.6 Å². The highest BCUT2D eigenvalue weighted by Gasteiger charge is 2.36. The molecule has 0 radical (unpaired) electrons. The molecule has 0 spiro atoms.